The van der Waals surface area contributed by atoms with Gasteiger partial charge < -0.3 is 9.94 Å². The number of aliphatic hydroxyl groups excluding tert-OH is 1. The molecule has 0 saturated carbocycles. The fourth-order valence-corrected chi connectivity index (χ4v) is 0.954. The van der Waals surface area contributed by atoms with E-state index in [1.54, 1.807) is 6.21 Å². The lowest BCUT2D eigenvalue weighted by molar-refractivity contribution is -0.117. The summed E-state index contributed by atoms with van der Waals surface area (Å²) in [6.07, 6.45) is 0.907. The van der Waals surface area contributed by atoms with Crippen LogP contribution in [-0.4, -0.2) is 17.6 Å². The first-order valence-electron chi connectivity index (χ1n) is 3.39. The minimum Gasteiger partial charge on any atom is -0.363 e. The minimum absolute atomic E-state index is 0.0208. The predicted octanol–water partition coefficient (Wildman–Crippen LogP) is 0.983. The summed E-state index contributed by atoms with van der Waals surface area (Å²) in [5.41, 5.74) is 0.0272. The van der Waals surface area contributed by atoms with E-state index in [2.05, 4.69) is 9.99 Å². The normalized spacial score (nSPS) is 32.4. The Kier molecular flexibility index (Phi) is 1.68. The fraction of sp³-hybridized carbons (Fsp3) is 0.857. The standard InChI is InChI=1S/C7H13NO2/c1-7(2,3)5-4-8-10-6(5)9/h4-6,9H,1-3H3. The summed E-state index contributed by atoms with van der Waals surface area (Å²) in [4.78, 5) is 4.62. The van der Waals surface area contributed by atoms with Crippen LogP contribution in [0.3, 0.4) is 0 Å². The maximum atomic E-state index is 9.18. The van der Waals surface area contributed by atoms with Gasteiger partial charge in [-0.1, -0.05) is 25.9 Å². The average molecular weight is 143 g/mol. The molecule has 0 aromatic rings. The van der Waals surface area contributed by atoms with Crippen LogP contribution in [0.4, 0.5) is 0 Å². The number of nitrogens with zero attached hydrogens (tertiary/aromatic N) is 1. The Balaban J connectivity index is 2.64. The lowest BCUT2D eigenvalue weighted by Crippen LogP contribution is -2.30. The second-order valence-electron chi connectivity index (χ2n) is 3.64. The van der Waals surface area contributed by atoms with Crippen molar-refractivity contribution in [3.63, 3.8) is 0 Å². The summed E-state index contributed by atoms with van der Waals surface area (Å²) in [6, 6.07) is 0. The number of aliphatic hydroxyl groups is 1. The third kappa shape index (κ3) is 1.29. The summed E-state index contributed by atoms with van der Waals surface area (Å²) in [5, 5.41) is 12.7. The van der Waals surface area contributed by atoms with Crippen molar-refractivity contribution in [3.05, 3.63) is 0 Å². The smallest absolute Gasteiger partial charge is 0.232 e. The van der Waals surface area contributed by atoms with Gasteiger partial charge in [-0.05, 0) is 5.41 Å². The van der Waals surface area contributed by atoms with E-state index in [0.29, 0.717) is 0 Å². The van der Waals surface area contributed by atoms with Gasteiger partial charge in [0.15, 0.2) is 0 Å². The molecular weight excluding hydrogens is 130 g/mol. The highest BCUT2D eigenvalue weighted by Crippen LogP contribution is 2.30. The van der Waals surface area contributed by atoms with E-state index in [1.807, 2.05) is 20.8 Å². The van der Waals surface area contributed by atoms with Crippen LogP contribution in [0.25, 0.3) is 0 Å². The van der Waals surface area contributed by atoms with E-state index in [9.17, 15) is 5.11 Å². The van der Waals surface area contributed by atoms with Gasteiger partial charge in [0.1, 0.15) is 0 Å². The second kappa shape index (κ2) is 2.23. The Morgan fingerprint density at radius 3 is 2.30 bits per heavy atom. The maximum Gasteiger partial charge on any atom is 0.232 e. The quantitative estimate of drug-likeness (QED) is 0.549. The van der Waals surface area contributed by atoms with Gasteiger partial charge in [0.05, 0.1) is 12.1 Å². The van der Waals surface area contributed by atoms with Crippen LogP contribution in [0.5, 0.6) is 0 Å². The molecule has 10 heavy (non-hydrogen) atoms. The van der Waals surface area contributed by atoms with E-state index in [-0.39, 0.29) is 11.3 Å². The molecule has 58 valence electrons. The van der Waals surface area contributed by atoms with Crippen molar-refractivity contribution in [3.8, 4) is 0 Å². The second-order valence-corrected chi connectivity index (χ2v) is 3.64. The molecule has 0 amide bonds. The van der Waals surface area contributed by atoms with Gasteiger partial charge in [-0.25, -0.2) is 0 Å². The molecule has 2 atom stereocenters. The lowest BCUT2D eigenvalue weighted by atomic mass is 9.81. The molecule has 0 radical (unpaired) electrons. The first-order chi connectivity index (χ1) is 4.52. The largest absolute Gasteiger partial charge is 0.363 e. The summed E-state index contributed by atoms with van der Waals surface area (Å²) < 4.78 is 0. The van der Waals surface area contributed by atoms with Crippen LogP contribution < -0.4 is 0 Å². The zero-order valence-corrected chi connectivity index (χ0v) is 6.53. The molecule has 1 N–H and O–H groups in total. The highest BCUT2D eigenvalue weighted by Gasteiger charge is 2.34. The molecule has 2 unspecified atom stereocenters. The van der Waals surface area contributed by atoms with Gasteiger partial charge in [0, 0.05) is 0 Å². The van der Waals surface area contributed by atoms with Gasteiger partial charge in [-0.2, -0.15) is 0 Å². The van der Waals surface area contributed by atoms with Gasteiger partial charge in [-0.3, -0.25) is 0 Å². The molecule has 0 bridgehead atoms. The molecule has 3 nitrogen and oxygen atoms in total. The SMILES string of the molecule is CC(C)(C)C1C=NOC1O. The number of oxime groups is 1. The van der Waals surface area contributed by atoms with Gasteiger partial charge in [0.25, 0.3) is 0 Å². The molecule has 0 saturated heterocycles. The van der Waals surface area contributed by atoms with Crippen LogP contribution in [0.15, 0.2) is 5.16 Å². The highest BCUT2D eigenvalue weighted by molar-refractivity contribution is 5.63. The van der Waals surface area contributed by atoms with Crippen LogP contribution >= 0.6 is 0 Å². The molecule has 1 aliphatic heterocycles. The first-order valence-corrected chi connectivity index (χ1v) is 3.39. The van der Waals surface area contributed by atoms with E-state index in [1.165, 1.54) is 0 Å². The number of hydrogen-bond donors (Lipinski definition) is 1. The van der Waals surface area contributed by atoms with Crippen molar-refractivity contribution in [2.75, 3.05) is 0 Å². The topological polar surface area (TPSA) is 41.8 Å². The number of hydrogen-bond acceptors (Lipinski definition) is 3. The Morgan fingerprint density at radius 2 is 2.10 bits per heavy atom. The minimum atomic E-state index is -0.750. The molecule has 0 spiro atoms. The summed E-state index contributed by atoms with van der Waals surface area (Å²) in [7, 11) is 0. The van der Waals surface area contributed by atoms with E-state index >= 15 is 0 Å². The van der Waals surface area contributed by atoms with Crippen molar-refractivity contribution >= 4 is 6.21 Å². The molecule has 0 aliphatic carbocycles. The zero-order valence-electron chi connectivity index (χ0n) is 6.53. The first kappa shape index (κ1) is 7.54. The van der Waals surface area contributed by atoms with Crippen molar-refractivity contribution in [2.45, 2.75) is 27.1 Å². The van der Waals surface area contributed by atoms with Crippen LogP contribution in [0.1, 0.15) is 20.8 Å². The fourth-order valence-electron chi connectivity index (χ4n) is 0.954. The zero-order chi connectivity index (χ0) is 7.78. The predicted molar refractivity (Wildman–Crippen MR) is 38.5 cm³/mol. The van der Waals surface area contributed by atoms with Crippen molar-refractivity contribution in [1.82, 2.24) is 0 Å². The molecule has 0 aromatic heterocycles. The Bertz CT molecular complexity index is 148. The third-order valence-electron chi connectivity index (χ3n) is 1.70. The summed E-state index contributed by atoms with van der Waals surface area (Å²) in [5.74, 6) is 0.0208. The number of rotatable bonds is 0. The maximum absolute atomic E-state index is 9.18. The Labute approximate surface area is 60.7 Å². The molecular formula is C7H13NO2. The molecule has 0 aromatic carbocycles. The molecule has 0 fully saturated rings. The Hall–Kier alpha value is -0.570. The third-order valence-corrected chi connectivity index (χ3v) is 1.70. The van der Waals surface area contributed by atoms with E-state index < -0.39 is 6.29 Å². The van der Waals surface area contributed by atoms with Gasteiger partial charge in [0.2, 0.25) is 6.29 Å². The Morgan fingerprint density at radius 1 is 1.50 bits per heavy atom. The van der Waals surface area contributed by atoms with Crippen LogP contribution in [-0.2, 0) is 4.84 Å². The van der Waals surface area contributed by atoms with Crippen LogP contribution in [0.2, 0.25) is 0 Å². The summed E-state index contributed by atoms with van der Waals surface area (Å²) in [6.45, 7) is 6.13. The van der Waals surface area contributed by atoms with Crippen molar-refractivity contribution in [1.29, 1.82) is 0 Å². The summed E-state index contributed by atoms with van der Waals surface area (Å²) >= 11 is 0. The van der Waals surface area contributed by atoms with Crippen LogP contribution in [0, 0.1) is 11.3 Å². The highest BCUT2D eigenvalue weighted by atomic mass is 16.7. The molecule has 1 heterocycles. The van der Waals surface area contributed by atoms with E-state index in [0.717, 1.165) is 0 Å². The lowest BCUT2D eigenvalue weighted by Gasteiger charge is -2.25. The molecule has 3 heteroatoms. The molecule has 1 rings (SSSR count). The molecule has 1 aliphatic rings. The van der Waals surface area contributed by atoms with E-state index in [4.69, 9.17) is 0 Å². The van der Waals surface area contributed by atoms with Crippen molar-refractivity contribution in [2.24, 2.45) is 16.5 Å². The van der Waals surface area contributed by atoms with Gasteiger partial charge >= 0.3 is 0 Å². The van der Waals surface area contributed by atoms with Gasteiger partial charge in [-0.15, -0.1) is 0 Å². The van der Waals surface area contributed by atoms with Crippen molar-refractivity contribution < 1.29 is 9.94 Å². The average Bonchev–Trinajstić information content (AvgIpc) is 2.11. The monoisotopic (exact) mass is 143 g/mol.